The van der Waals surface area contributed by atoms with E-state index in [-0.39, 0.29) is 5.56 Å². The van der Waals surface area contributed by atoms with Crippen LogP contribution < -0.4 is 10.5 Å². The predicted octanol–water partition coefficient (Wildman–Crippen LogP) is 0.769. The Balaban J connectivity index is 0.000000347. The van der Waals surface area contributed by atoms with Crippen molar-refractivity contribution in [1.82, 2.24) is 0 Å². The number of halogens is 1. The van der Waals surface area contributed by atoms with Gasteiger partial charge in [-0.1, -0.05) is 30.3 Å². The van der Waals surface area contributed by atoms with Gasteiger partial charge in [0.05, 0.1) is 12.5 Å². The van der Waals surface area contributed by atoms with Gasteiger partial charge in [0.15, 0.2) is 0 Å². The van der Waals surface area contributed by atoms with Crippen molar-refractivity contribution >= 4 is 10.5 Å². The zero-order valence-corrected chi connectivity index (χ0v) is 11.3. The van der Waals surface area contributed by atoms with Crippen LogP contribution in [0.4, 0.5) is 3.89 Å². The standard InChI is InChI=1S/C12H11NO2.FHO3S/c1-9-7-11(14)13-12(15-9)8-10-5-3-2-4-6-10;1-5(2,3)4/h2-7H,8H2,1H3;(H,2,3,4). The Morgan fingerprint density at radius 2 is 1.85 bits per heavy atom. The average molecular weight is 301 g/mol. The molecule has 0 saturated carbocycles. The fourth-order valence-corrected chi connectivity index (χ4v) is 1.47. The predicted molar refractivity (Wildman–Crippen MR) is 66.3 cm³/mol. The van der Waals surface area contributed by atoms with Crippen molar-refractivity contribution < 1.29 is 26.3 Å². The lowest BCUT2D eigenvalue weighted by atomic mass is 10.1. The van der Waals surface area contributed by atoms with Crippen molar-refractivity contribution in [3.05, 3.63) is 64.0 Å². The van der Waals surface area contributed by atoms with Crippen LogP contribution >= 0.6 is 0 Å². The first-order valence-electron chi connectivity index (χ1n) is 5.46. The zero-order valence-electron chi connectivity index (χ0n) is 10.5. The van der Waals surface area contributed by atoms with E-state index < -0.39 is 10.5 Å². The summed E-state index contributed by atoms with van der Waals surface area (Å²) in [6.07, 6.45) is 0.609. The minimum absolute atomic E-state index is 0.121. The van der Waals surface area contributed by atoms with Gasteiger partial charge in [0, 0.05) is 0 Å². The average Bonchev–Trinajstić information content (AvgIpc) is 2.26. The van der Waals surface area contributed by atoms with Crippen LogP contribution in [0.25, 0.3) is 0 Å². The number of aryl methyl sites for hydroxylation is 1. The second-order valence-electron chi connectivity index (χ2n) is 3.82. The third-order valence-electron chi connectivity index (χ3n) is 2.09. The van der Waals surface area contributed by atoms with E-state index in [0.717, 1.165) is 5.56 Å². The molecule has 0 amide bonds. The van der Waals surface area contributed by atoms with E-state index in [1.807, 2.05) is 30.3 Å². The highest BCUT2D eigenvalue weighted by atomic mass is 32.3. The van der Waals surface area contributed by atoms with Crippen LogP contribution in [0, 0.1) is 6.92 Å². The maximum absolute atomic E-state index is 11.2. The highest BCUT2D eigenvalue weighted by Crippen LogP contribution is 2.04. The minimum atomic E-state index is -5.42. The molecule has 0 atom stereocenters. The largest absolute Gasteiger partial charge is 0.722 e. The summed E-state index contributed by atoms with van der Waals surface area (Å²) in [6.45, 7) is 1.77. The molecule has 2 aromatic rings. The molecule has 0 unspecified atom stereocenters. The Labute approximate surface area is 114 Å². The molecule has 1 heterocycles. The number of aromatic amines is 1. The minimum Gasteiger partial charge on any atom is -0.722 e. The van der Waals surface area contributed by atoms with Crippen molar-refractivity contribution in [2.24, 2.45) is 0 Å². The van der Waals surface area contributed by atoms with Crippen LogP contribution in [-0.4, -0.2) is 13.0 Å². The van der Waals surface area contributed by atoms with Crippen LogP contribution in [0.5, 0.6) is 0 Å². The molecule has 0 spiro atoms. The first-order chi connectivity index (χ1) is 9.24. The normalized spacial score (nSPS) is 10.6. The molecule has 0 aliphatic heterocycles. The molecule has 0 aliphatic rings. The highest BCUT2D eigenvalue weighted by Gasteiger charge is 2.08. The molecule has 6 nitrogen and oxygen atoms in total. The van der Waals surface area contributed by atoms with E-state index in [9.17, 15) is 8.68 Å². The van der Waals surface area contributed by atoms with Crippen molar-refractivity contribution in [3.8, 4) is 0 Å². The second kappa shape index (κ2) is 6.92. The summed E-state index contributed by atoms with van der Waals surface area (Å²) in [4.78, 5) is 13.9. The van der Waals surface area contributed by atoms with E-state index in [1.165, 1.54) is 6.07 Å². The van der Waals surface area contributed by atoms with Gasteiger partial charge in [0.1, 0.15) is 5.76 Å². The van der Waals surface area contributed by atoms with Gasteiger partial charge in [-0.15, -0.1) is 8.87 Å². The van der Waals surface area contributed by atoms with E-state index in [1.54, 1.807) is 6.92 Å². The zero-order chi connectivity index (χ0) is 15.2. The Bertz CT molecular complexity index is 704. The Kier molecular flexibility index (Phi) is 5.53. The Morgan fingerprint density at radius 1 is 1.30 bits per heavy atom. The quantitative estimate of drug-likeness (QED) is 0.602. The van der Waals surface area contributed by atoms with Gasteiger partial charge in [0.25, 0.3) is 10.5 Å². The molecular weight excluding hydrogens is 289 g/mol. The van der Waals surface area contributed by atoms with Gasteiger partial charge >= 0.3 is 11.4 Å². The summed E-state index contributed by atoms with van der Waals surface area (Å²) in [5.41, 5.74) is 0.993. The molecule has 1 aromatic heterocycles. The number of hydrogen-bond acceptors (Lipinski definition) is 5. The number of nitrogens with one attached hydrogen (secondary N) is 1. The van der Waals surface area contributed by atoms with Gasteiger partial charge < -0.3 is 8.97 Å². The van der Waals surface area contributed by atoms with E-state index in [4.69, 9.17) is 17.4 Å². The molecule has 0 saturated heterocycles. The van der Waals surface area contributed by atoms with Gasteiger partial charge in [-0.05, 0) is 12.5 Å². The number of aromatic nitrogens is 1. The maximum Gasteiger partial charge on any atom is 0.416 e. The van der Waals surface area contributed by atoms with Crippen molar-refractivity contribution in [1.29, 1.82) is 0 Å². The van der Waals surface area contributed by atoms with Gasteiger partial charge in [0.2, 0.25) is 0 Å². The summed E-state index contributed by atoms with van der Waals surface area (Å²) in [7, 11) is -5.42. The van der Waals surface area contributed by atoms with Crippen LogP contribution in [0.3, 0.4) is 0 Å². The second-order valence-corrected chi connectivity index (χ2v) is 4.61. The number of H-pyrrole nitrogens is 1. The topological polar surface area (TPSA) is 102 Å². The molecule has 0 fully saturated rings. The van der Waals surface area contributed by atoms with Crippen molar-refractivity contribution in [3.63, 3.8) is 0 Å². The molecule has 1 aromatic carbocycles. The van der Waals surface area contributed by atoms with Crippen molar-refractivity contribution in [2.45, 2.75) is 13.3 Å². The van der Waals surface area contributed by atoms with Crippen molar-refractivity contribution in [2.75, 3.05) is 0 Å². The molecule has 20 heavy (non-hydrogen) atoms. The van der Waals surface area contributed by atoms with E-state index in [2.05, 4.69) is 4.98 Å². The molecule has 0 aliphatic carbocycles. The number of rotatable bonds is 2. The van der Waals surface area contributed by atoms with E-state index in [0.29, 0.717) is 18.1 Å². The molecule has 1 N–H and O–H groups in total. The first-order valence-corrected chi connectivity index (χ1v) is 6.77. The smallest absolute Gasteiger partial charge is 0.416 e. The lowest BCUT2D eigenvalue weighted by molar-refractivity contribution is -0.428. The summed E-state index contributed by atoms with van der Waals surface area (Å²) >= 11 is 0. The Morgan fingerprint density at radius 3 is 2.35 bits per heavy atom. The van der Waals surface area contributed by atoms with E-state index >= 15 is 0 Å². The van der Waals surface area contributed by atoms with Gasteiger partial charge in [-0.3, -0.25) is 0 Å². The van der Waals surface area contributed by atoms with Gasteiger partial charge in [-0.2, -0.15) is 0 Å². The molecule has 0 bridgehead atoms. The lowest BCUT2D eigenvalue weighted by Crippen LogP contribution is -2.30. The molecule has 108 valence electrons. The van der Waals surface area contributed by atoms with Crippen LogP contribution in [0.15, 0.2) is 45.6 Å². The molecular formula is C12H12FNO5S. The summed E-state index contributed by atoms with van der Waals surface area (Å²) in [5.74, 6) is 1.22. The third-order valence-corrected chi connectivity index (χ3v) is 2.09. The summed E-state index contributed by atoms with van der Waals surface area (Å²) in [6, 6.07) is 11.3. The summed E-state index contributed by atoms with van der Waals surface area (Å²) in [5, 5.41) is 0. The fraction of sp³-hybridized carbons (Fsp3) is 0.167. The van der Waals surface area contributed by atoms with Gasteiger partial charge in [-0.25, -0.2) is 13.2 Å². The first kappa shape index (κ1) is 16.0. The molecule has 2 rings (SSSR count). The molecule has 0 radical (unpaired) electrons. The van der Waals surface area contributed by atoms with Crippen LogP contribution in [0.1, 0.15) is 17.2 Å². The Hall–Kier alpha value is -2.06. The summed E-state index contributed by atoms with van der Waals surface area (Å²) < 4.78 is 40.7. The van der Waals surface area contributed by atoms with Crippen LogP contribution in [0.2, 0.25) is 0 Å². The maximum atomic E-state index is 11.2. The highest BCUT2D eigenvalue weighted by molar-refractivity contribution is 7.80. The SMILES string of the molecule is Cc1cc(=O)[nH+]c(Cc2ccccc2)o1.O=S(=O)([O-])F. The molecule has 8 heteroatoms. The third kappa shape index (κ3) is 7.39. The number of hydrogen-bond donors (Lipinski definition) is 0. The lowest BCUT2D eigenvalue weighted by Gasteiger charge is -1.95. The van der Waals surface area contributed by atoms with Crippen LogP contribution in [-0.2, 0) is 16.9 Å². The fourth-order valence-electron chi connectivity index (χ4n) is 1.47. The number of benzene rings is 1. The monoisotopic (exact) mass is 301 g/mol.